The van der Waals surface area contributed by atoms with Crippen LogP contribution in [0.15, 0.2) is 54.6 Å². The van der Waals surface area contributed by atoms with Gasteiger partial charge in [0.15, 0.2) is 0 Å². The molecule has 2 aromatic carbocycles. The van der Waals surface area contributed by atoms with E-state index in [-0.39, 0.29) is 0 Å². The number of halogens is 3. The number of likely N-dealkylation sites (tertiary alicyclic amines) is 1. The van der Waals surface area contributed by atoms with Crippen LogP contribution in [0.4, 0.5) is 13.2 Å². The highest BCUT2D eigenvalue weighted by Gasteiger charge is 2.38. The van der Waals surface area contributed by atoms with E-state index in [9.17, 15) is 23.1 Å². The van der Waals surface area contributed by atoms with E-state index in [0.29, 0.717) is 24.9 Å². The summed E-state index contributed by atoms with van der Waals surface area (Å²) in [6.45, 7) is 0.534. The van der Waals surface area contributed by atoms with Gasteiger partial charge in [-0.25, -0.2) is 0 Å². The predicted octanol–water partition coefficient (Wildman–Crippen LogP) is 4.34. The molecule has 3 rings (SSSR count). The zero-order valence-corrected chi connectivity index (χ0v) is 13.4. The first-order valence-corrected chi connectivity index (χ1v) is 8.08. The smallest absolute Gasteiger partial charge is 0.416 e. The number of aliphatic carboxylic acids is 1. The molecule has 1 N–H and O–H groups in total. The summed E-state index contributed by atoms with van der Waals surface area (Å²) in [6, 6.07) is 13.0. The maximum atomic E-state index is 13.1. The summed E-state index contributed by atoms with van der Waals surface area (Å²) in [4.78, 5) is 13.4. The Morgan fingerprint density at radius 2 is 1.76 bits per heavy atom. The van der Waals surface area contributed by atoms with Crippen LogP contribution in [-0.4, -0.2) is 28.6 Å². The van der Waals surface area contributed by atoms with E-state index in [2.05, 4.69) is 0 Å². The van der Waals surface area contributed by atoms with Crippen molar-refractivity contribution in [3.05, 3.63) is 71.3 Å². The highest BCUT2D eigenvalue weighted by molar-refractivity contribution is 5.74. The van der Waals surface area contributed by atoms with E-state index in [4.69, 9.17) is 0 Å². The van der Waals surface area contributed by atoms with Gasteiger partial charge < -0.3 is 5.11 Å². The fourth-order valence-corrected chi connectivity index (χ4v) is 3.46. The van der Waals surface area contributed by atoms with Gasteiger partial charge in [-0.05, 0) is 36.1 Å². The molecule has 25 heavy (non-hydrogen) atoms. The van der Waals surface area contributed by atoms with Crippen molar-refractivity contribution < 1.29 is 23.1 Å². The van der Waals surface area contributed by atoms with Gasteiger partial charge in [0.1, 0.15) is 6.04 Å². The molecule has 1 aliphatic rings. The molecule has 0 amide bonds. The largest absolute Gasteiger partial charge is 0.480 e. The van der Waals surface area contributed by atoms with Gasteiger partial charge in [0.05, 0.1) is 11.6 Å². The lowest BCUT2D eigenvalue weighted by molar-refractivity contribution is -0.143. The molecule has 6 heteroatoms. The minimum Gasteiger partial charge on any atom is -0.480 e. The molecule has 2 unspecified atom stereocenters. The average molecular weight is 349 g/mol. The fourth-order valence-electron chi connectivity index (χ4n) is 3.46. The molecule has 0 aliphatic carbocycles. The number of carboxylic acid groups (broad SMARTS) is 1. The van der Waals surface area contributed by atoms with E-state index < -0.39 is 29.8 Å². The summed E-state index contributed by atoms with van der Waals surface area (Å²) in [7, 11) is 0. The van der Waals surface area contributed by atoms with Crippen LogP contribution in [0.5, 0.6) is 0 Å². The highest BCUT2D eigenvalue weighted by Crippen LogP contribution is 2.37. The van der Waals surface area contributed by atoms with Crippen molar-refractivity contribution in [1.29, 1.82) is 0 Å². The van der Waals surface area contributed by atoms with Crippen LogP contribution in [-0.2, 0) is 11.0 Å². The van der Waals surface area contributed by atoms with E-state index >= 15 is 0 Å². The zero-order valence-electron chi connectivity index (χ0n) is 13.4. The van der Waals surface area contributed by atoms with Crippen molar-refractivity contribution in [2.24, 2.45) is 0 Å². The maximum Gasteiger partial charge on any atom is 0.416 e. The SMILES string of the molecule is O=C(O)C1CCCN1C(c1ccccc1)c1cccc(C(F)(F)F)c1. The first-order chi connectivity index (χ1) is 11.9. The Morgan fingerprint density at radius 1 is 1.08 bits per heavy atom. The molecule has 3 nitrogen and oxygen atoms in total. The minimum absolute atomic E-state index is 0.453. The fraction of sp³-hybridized carbons (Fsp3) is 0.316. The topological polar surface area (TPSA) is 40.5 Å². The van der Waals surface area contributed by atoms with Crippen LogP contribution in [0, 0.1) is 0 Å². The lowest BCUT2D eigenvalue weighted by Gasteiger charge is -2.32. The summed E-state index contributed by atoms with van der Waals surface area (Å²) in [5.41, 5.74) is 0.515. The second-order valence-electron chi connectivity index (χ2n) is 6.17. The molecular weight excluding hydrogens is 331 g/mol. The number of nitrogens with zero attached hydrogens (tertiary/aromatic N) is 1. The first-order valence-electron chi connectivity index (χ1n) is 8.08. The minimum atomic E-state index is -4.44. The molecule has 0 radical (unpaired) electrons. The lowest BCUT2D eigenvalue weighted by atomic mass is 9.95. The Morgan fingerprint density at radius 3 is 2.40 bits per heavy atom. The van der Waals surface area contributed by atoms with Gasteiger partial charge in [0.25, 0.3) is 0 Å². The van der Waals surface area contributed by atoms with Crippen LogP contribution < -0.4 is 0 Å². The zero-order chi connectivity index (χ0) is 18.0. The van der Waals surface area contributed by atoms with Crippen molar-refractivity contribution in [1.82, 2.24) is 4.90 Å². The first kappa shape index (κ1) is 17.5. The molecule has 2 atom stereocenters. The standard InChI is InChI=1S/C19H18F3NO2/c20-19(21,22)15-9-4-8-14(12-15)17(13-6-2-1-3-7-13)23-11-5-10-16(23)18(24)25/h1-4,6-9,12,16-17H,5,10-11H2,(H,24,25). The van der Waals surface area contributed by atoms with Crippen LogP contribution >= 0.6 is 0 Å². The summed E-state index contributed by atoms with van der Waals surface area (Å²) in [5.74, 6) is -0.939. The second kappa shape index (κ2) is 6.88. The summed E-state index contributed by atoms with van der Waals surface area (Å²) >= 11 is 0. The Bertz CT molecular complexity index is 746. The monoisotopic (exact) mass is 349 g/mol. The average Bonchev–Trinajstić information content (AvgIpc) is 3.05. The van der Waals surface area contributed by atoms with Crippen LogP contribution in [0.1, 0.15) is 35.6 Å². The molecule has 0 spiro atoms. The number of hydrogen-bond donors (Lipinski definition) is 1. The van der Waals surface area contributed by atoms with E-state index in [1.165, 1.54) is 6.07 Å². The quantitative estimate of drug-likeness (QED) is 0.892. The molecule has 0 bridgehead atoms. The van der Waals surface area contributed by atoms with E-state index in [1.807, 2.05) is 30.3 Å². The molecule has 0 saturated carbocycles. The Kier molecular flexibility index (Phi) is 4.81. The van der Waals surface area contributed by atoms with Gasteiger partial charge >= 0.3 is 12.1 Å². The van der Waals surface area contributed by atoms with Crippen LogP contribution in [0.25, 0.3) is 0 Å². The van der Waals surface area contributed by atoms with Crippen molar-refractivity contribution >= 4 is 5.97 Å². The molecular formula is C19H18F3NO2. The third-order valence-electron chi connectivity index (χ3n) is 4.56. The molecule has 0 aromatic heterocycles. The number of rotatable bonds is 4. The number of carboxylic acids is 1. The van der Waals surface area contributed by atoms with Crippen LogP contribution in [0.2, 0.25) is 0 Å². The molecule has 132 valence electrons. The molecule has 1 saturated heterocycles. The Hall–Kier alpha value is -2.34. The molecule has 1 fully saturated rings. The van der Waals surface area contributed by atoms with Crippen LogP contribution in [0.3, 0.4) is 0 Å². The summed E-state index contributed by atoms with van der Waals surface area (Å²) in [6.07, 6.45) is -3.23. The maximum absolute atomic E-state index is 13.1. The Labute approximate surface area is 143 Å². The number of hydrogen-bond acceptors (Lipinski definition) is 2. The van der Waals surface area contributed by atoms with Gasteiger partial charge in [-0.2, -0.15) is 13.2 Å². The normalized spacial score (nSPS) is 19.7. The lowest BCUT2D eigenvalue weighted by Crippen LogP contribution is -2.39. The van der Waals surface area contributed by atoms with E-state index in [1.54, 1.807) is 11.0 Å². The van der Waals surface area contributed by atoms with Gasteiger partial charge in [0.2, 0.25) is 0 Å². The number of alkyl halides is 3. The van der Waals surface area contributed by atoms with Crippen molar-refractivity contribution in [2.45, 2.75) is 31.1 Å². The summed E-state index contributed by atoms with van der Waals surface area (Å²) < 4.78 is 39.3. The van der Waals surface area contributed by atoms with Crippen molar-refractivity contribution in [3.63, 3.8) is 0 Å². The molecule has 2 aromatic rings. The molecule has 1 aliphatic heterocycles. The van der Waals surface area contributed by atoms with Gasteiger partial charge in [0, 0.05) is 6.54 Å². The third kappa shape index (κ3) is 3.69. The predicted molar refractivity (Wildman–Crippen MR) is 87.1 cm³/mol. The van der Waals surface area contributed by atoms with Gasteiger partial charge in [-0.15, -0.1) is 0 Å². The number of benzene rings is 2. The number of carbonyl (C=O) groups is 1. The van der Waals surface area contributed by atoms with Crippen molar-refractivity contribution in [3.8, 4) is 0 Å². The van der Waals surface area contributed by atoms with E-state index in [0.717, 1.165) is 17.7 Å². The third-order valence-corrected chi connectivity index (χ3v) is 4.56. The molecule has 1 heterocycles. The Balaban J connectivity index is 2.08. The summed E-state index contributed by atoms with van der Waals surface area (Å²) in [5, 5.41) is 9.49. The van der Waals surface area contributed by atoms with Gasteiger partial charge in [-0.1, -0.05) is 42.5 Å². The van der Waals surface area contributed by atoms with Gasteiger partial charge in [-0.3, -0.25) is 9.69 Å². The highest BCUT2D eigenvalue weighted by atomic mass is 19.4. The second-order valence-corrected chi connectivity index (χ2v) is 6.17. The van der Waals surface area contributed by atoms with Crippen molar-refractivity contribution in [2.75, 3.05) is 6.54 Å².